The standard InChI is InChI=1S/C12H17N5O3/c1-9(17-6-3-5-14-17)12(18)13-8-10-15-11(20-16-10)4-7-19-2/h3,5-6,9H,4,7-8H2,1-2H3,(H,13,18)/t9-/m1/s1. The van der Waals surface area contributed by atoms with Crippen molar-refractivity contribution in [2.45, 2.75) is 25.9 Å². The molecule has 0 radical (unpaired) electrons. The first-order valence-electron chi connectivity index (χ1n) is 6.28. The molecule has 2 heterocycles. The quantitative estimate of drug-likeness (QED) is 0.785. The fourth-order valence-corrected chi connectivity index (χ4v) is 1.60. The molecular weight excluding hydrogens is 262 g/mol. The van der Waals surface area contributed by atoms with E-state index in [1.807, 2.05) is 0 Å². The minimum atomic E-state index is -0.384. The highest BCUT2D eigenvalue weighted by atomic mass is 16.5. The van der Waals surface area contributed by atoms with E-state index in [0.29, 0.717) is 24.7 Å². The van der Waals surface area contributed by atoms with Crippen molar-refractivity contribution in [1.29, 1.82) is 0 Å². The van der Waals surface area contributed by atoms with E-state index in [2.05, 4.69) is 20.6 Å². The molecular formula is C12H17N5O3. The minimum Gasteiger partial charge on any atom is -0.384 e. The predicted octanol–water partition coefficient (Wildman–Crippen LogP) is 0.332. The molecule has 8 nitrogen and oxygen atoms in total. The van der Waals surface area contributed by atoms with Gasteiger partial charge in [-0.05, 0) is 13.0 Å². The molecule has 0 aliphatic rings. The van der Waals surface area contributed by atoms with Crippen molar-refractivity contribution in [3.05, 3.63) is 30.2 Å². The Labute approximate surface area is 116 Å². The molecule has 0 saturated heterocycles. The monoisotopic (exact) mass is 279 g/mol. The van der Waals surface area contributed by atoms with Crippen LogP contribution in [0, 0.1) is 0 Å². The number of hydrogen-bond donors (Lipinski definition) is 1. The van der Waals surface area contributed by atoms with Crippen LogP contribution < -0.4 is 5.32 Å². The molecule has 1 amide bonds. The Morgan fingerprint density at radius 3 is 3.15 bits per heavy atom. The number of ether oxygens (including phenoxy) is 1. The predicted molar refractivity (Wildman–Crippen MR) is 68.7 cm³/mol. The number of aromatic nitrogens is 4. The van der Waals surface area contributed by atoms with E-state index in [0.717, 1.165) is 0 Å². The van der Waals surface area contributed by atoms with Crippen LogP contribution in [0.5, 0.6) is 0 Å². The normalized spacial score (nSPS) is 12.3. The lowest BCUT2D eigenvalue weighted by atomic mass is 10.3. The van der Waals surface area contributed by atoms with Gasteiger partial charge in [0.05, 0.1) is 19.6 Å². The molecule has 0 aliphatic carbocycles. The first-order valence-corrected chi connectivity index (χ1v) is 6.28. The molecule has 2 aromatic heterocycles. The molecule has 0 saturated carbocycles. The fraction of sp³-hybridized carbons (Fsp3) is 0.500. The summed E-state index contributed by atoms with van der Waals surface area (Å²) in [6.45, 7) is 2.51. The van der Waals surface area contributed by atoms with Gasteiger partial charge in [0.1, 0.15) is 6.04 Å². The zero-order valence-electron chi connectivity index (χ0n) is 11.4. The van der Waals surface area contributed by atoms with Gasteiger partial charge in [0.2, 0.25) is 11.8 Å². The smallest absolute Gasteiger partial charge is 0.244 e. The highest BCUT2D eigenvalue weighted by Gasteiger charge is 2.15. The van der Waals surface area contributed by atoms with Crippen molar-refractivity contribution in [2.24, 2.45) is 0 Å². The number of amides is 1. The molecule has 20 heavy (non-hydrogen) atoms. The zero-order chi connectivity index (χ0) is 14.4. The molecule has 0 bridgehead atoms. The molecule has 0 fully saturated rings. The first-order chi connectivity index (χ1) is 9.70. The van der Waals surface area contributed by atoms with E-state index >= 15 is 0 Å². The molecule has 0 aliphatic heterocycles. The number of rotatable bonds is 7. The highest BCUT2D eigenvalue weighted by molar-refractivity contribution is 5.79. The zero-order valence-corrected chi connectivity index (χ0v) is 11.4. The molecule has 0 aromatic carbocycles. The number of carbonyl (C=O) groups is 1. The maximum atomic E-state index is 11.9. The largest absolute Gasteiger partial charge is 0.384 e. The number of carbonyl (C=O) groups excluding carboxylic acids is 1. The Balaban J connectivity index is 1.82. The number of hydrogen-bond acceptors (Lipinski definition) is 6. The summed E-state index contributed by atoms with van der Waals surface area (Å²) in [6, 6.07) is 1.38. The molecule has 0 spiro atoms. The van der Waals surface area contributed by atoms with Crippen molar-refractivity contribution < 1.29 is 14.1 Å². The van der Waals surface area contributed by atoms with E-state index in [9.17, 15) is 4.79 Å². The van der Waals surface area contributed by atoms with Crippen molar-refractivity contribution in [3.8, 4) is 0 Å². The van der Waals surface area contributed by atoms with Crippen LogP contribution in [0.1, 0.15) is 24.7 Å². The van der Waals surface area contributed by atoms with Crippen molar-refractivity contribution >= 4 is 5.91 Å². The fourth-order valence-electron chi connectivity index (χ4n) is 1.60. The number of nitrogens with one attached hydrogen (secondary N) is 1. The first kappa shape index (κ1) is 14.2. The minimum absolute atomic E-state index is 0.156. The van der Waals surface area contributed by atoms with Gasteiger partial charge >= 0.3 is 0 Å². The number of nitrogens with zero attached hydrogens (tertiary/aromatic N) is 4. The lowest BCUT2D eigenvalue weighted by Gasteiger charge is -2.11. The van der Waals surface area contributed by atoms with E-state index in [1.165, 1.54) is 0 Å². The van der Waals surface area contributed by atoms with E-state index in [4.69, 9.17) is 9.26 Å². The molecule has 108 valence electrons. The van der Waals surface area contributed by atoms with Crippen LogP contribution in [0.4, 0.5) is 0 Å². The average Bonchev–Trinajstić information content (AvgIpc) is 3.13. The summed E-state index contributed by atoms with van der Waals surface area (Å²) < 4.78 is 11.5. The van der Waals surface area contributed by atoms with Gasteiger partial charge in [-0.25, -0.2) is 0 Å². The third-order valence-electron chi connectivity index (χ3n) is 2.75. The lowest BCUT2D eigenvalue weighted by molar-refractivity contribution is -0.124. The van der Waals surface area contributed by atoms with Gasteiger partial charge in [0.25, 0.3) is 0 Å². The van der Waals surface area contributed by atoms with Crippen molar-refractivity contribution in [3.63, 3.8) is 0 Å². The summed E-state index contributed by atoms with van der Waals surface area (Å²) in [4.78, 5) is 16.1. The molecule has 0 unspecified atom stereocenters. The van der Waals surface area contributed by atoms with Crippen LogP contribution in [-0.2, 0) is 22.5 Å². The van der Waals surface area contributed by atoms with Crippen molar-refractivity contribution in [2.75, 3.05) is 13.7 Å². The van der Waals surface area contributed by atoms with Crippen LogP contribution in [0.2, 0.25) is 0 Å². The molecule has 1 atom stereocenters. The van der Waals surface area contributed by atoms with E-state index in [1.54, 1.807) is 37.2 Å². The molecule has 2 rings (SSSR count). The summed E-state index contributed by atoms with van der Waals surface area (Å²) in [6.07, 6.45) is 3.92. The summed E-state index contributed by atoms with van der Waals surface area (Å²) in [5.41, 5.74) is 0. The van der Waals surface area contributed by atoms with Crippen LogP contribution in [-0.4, -0.2) is 39.5 Å². The second-order valence-electron chi connectivity index (χ2n) is 4.23. The topological polar surface area (TPSA) is 95.1 Å². The molecule has 2 aromatic rings. The van der Waals surface area contributed by atoms with E-state index < -0.39 is 0 Å². The Kier molecular flexibility index (Phi) is 4.83. The molecule has 8 heteroatoms. The summed E-state index contributed by atoms with van der Waals surface area (Å²) in [5, 5.41) is 10.5. The van der Waals surface area contributed by atoms with Gasteiger partial charge in [0.15, 0.2) is 5.82 Å². The third-order valence-corrected chi connectivity index (χ3v) is 2.75. The van der Waals surface area contributed by atoms with Crippen LogP contribution >= 0.6 is 0 Å². The maximum absolute atomic E-state index is 11.9. The average molecular weight is 279 g/mol. The van der Waals surface area contributed by atoms with Gasteiger partial charge in [-0.3, -0.25) is 9.48 Å². The lowest BCUT2D eigenvalue weighted by Crippen LogP contribution is -2.31. The third kappa shape index (κ3) is 3.64. The van der Waals surface area contributed by atoms with Gasteiger partial charge < -0.3 is 14.6 Å². The van der Waals surface area contributed by atoms with Crippen LogP contribution in [0.15, 0.2) is 23.0 Å². The second-order valence-corrected chi connectivity index (χ2v) is 4.23. The second kappa shape index (κ2) is 6.80. The summed E-state index contributed by atoms with van der Waals surface area (Å²) in [5.74, 6) is 0.783. The molecule has 1 N–H and O–H groups in total. The Morgan fingerprint density at radius 2 is 2.45 bits per heavy atom. The summed E-state index contributed by atoms with van der Waals surface area (Å²) in [7, 11) is 1.61. The van der Waals surface area contributed by atoms with Crippen LogP contribution in [0.25, 0.3) is 0 Å². The number of methoxy groups -OCH3 is 1. The van der Waals surface area contributed by atoms with Gasteiger partial charge in [-0.15, -0.1) is 0 Å². The maximum Gasteiger partial charge on any atom is 0.244 e. The summed E-state index contributed by atoms with van der Waals surface area (Å²) >= 11 is 0. The van der Waals surface area contributed by atoms with Gasteiger partial charge in [-0.2, -0.15) is 10.1 Å². The van der Waals surface area contributed by atoms with Gasteiger partial charge in [0, 0.05) is 19.5 Å². The van der Waals surface area contributed by atoms with Gasteiger partial charge in [-0.1, -0.05) is 5.16 Å². The van der Waals surface area contributed by atoms with E-state index in [-0.39, 0.29) is 18.5 Å². The highest BCUT2D eigenvalue weighted by Crippen LogP contribution is 2.04. The van der Waals surface area contributed by atoms with Crippen LogP contribution in [0.3, 0.4) is 0 Å². The Hall–Kier alpha value is -2.22. The Morgan fingerprint density at radius 1 is 1.60 bits per heavy atom. The van der Waals surface area contributed by atoms with Crippen molar-refractivity contribution in [1.82, 2.24) is 25.2 Å². The Bertz CT molecular complexity index is 537. The SMILES string of the molecule is COCCc1nc(CNC(=O)[C@@H](C)n2cccn2)no1.